The third-order valence-corrected chi connectivity index (χ3v) is 6.06. The highest BCUT2D eigenvalue weighted by Crippen LogP contribution is 2.34. The number of rotatable bonds is 6. The predicted molar refractivity (Wildman–Crippen MR) is 114 cm³/mol. The molecule has 0 radical (unpaired) electrons. The van der Waals surface area contributed by atoms with Crippen LogP contribution >= 0.6 is 0 Å². The smallest absolute Gasteiger partial charge is 0.228 e. The minimum atomic E-state index is -0.0105. The molecule has 1 aliphatic carbocycles. The second-order valence-corrected chi connectivity index (χ2v) is 8.26. The molecular weight excluding hydrogens is 410 g/mol. The number of aromatic nitrogens is 6. The molecule has 1 aliphatic heterocycles. The van der Waals surface area contributed by atoms with Gasteiger partial charge in [-0.1, -0.05) is 12.5 Å². The molecule has 2 atom stereocenters. The third kappa shape index (κ3) is 3.66. The Kier molecular flexibility index (Phi) is 4.91. The van der Waals surface area contributed by atoms with E-state index >= 15 is 0 Å². The number of pyridine rings is 1. The van der Waals surface area contributed by atoms with Crippen LogP contribution in [0.3, 0.4) is 0 Å². The van der Waals surface area contributed by atoms with Crippen molar-refractivity contribution in [3.63, 3.8) is 0 Å². The summed E-state index contributed by atoms with van der Waals surface area (Å²) in [6.07, 6.45) is 10.9. The molecule has 1 saturated carbocycles. The largest absolute Gasteiger partial charge is 0.469 e. The lowest BCUT2D eigenvalue weighted by molar-refractivity contribution is -0.0810. The van der Waals surface area contributed by atoms with Gasteiger partial charge < -0.3 is 19.2 Å². The second kappa shape index (κ2) is 8.19. The molecule has 1 N–H and O–H groups in total. The molecule has 164 valence electrons. The molecule has 2 fully saturated rings. The Morgan fingerprint density at radius 1 is 1.12 bits per heavy atom. The van der Waals surface area contributed by atoms with Crippen LogP contribution in [0, 0.1) is 0 Å². The summed E-state index contributed by atoms with van der Waals surface area (Å²) in [4.78, 5) is 13.4. The maximum atomic E-state index is 6.04. The van der Waals surface area contributed by atoms with Gasteiger partial charge in [0.2, 0.25) is 11.8 Å². The van der Waals surface area contributed by atoms with E-state index in [0.717, 1.165) is 37.2 Å². The maximum Gasteiger partial charge on any atom is 0.228 e. The van der Waals surface area contributed by atoms with Crippen LogP contribution in [0.25, 0.3) is 16.9 Å². The molecule has 2 aliphatic rings. The second-order valence-electron chi connectivity index (χ2n) is 8.26. The van der Waals surface area contributed by atoms with Gasteiger partial charge in [0, 0.05) is 24.4 Å². The zero-order chi connectivity index (χ0) is 21.3. The third-order valence-electron chi connectivity index (χ3n) is 6.06. The van der Waals surface area contributed by atoms with Gasteiger partial charge in [-0.3, -0.25) is 4.40 Å². The van der Waals surface area contributed by atoms with Crippen LogP contribution in [0.15, 0.2) is 47.7 Å². The van der Waals surface area contributed by atoms with Crippen molar-refractivity contribution in [1.29, 1.82) is 0 Å². The van der Waals surface area contributed by atoms with Gasteiger partial charge in [0.05, 0.1) is 18.8 Å². The Hall–Kier alpha value is -3.53. The number of ether oxygens (including phenoxy) is 2. The van der Waals surface area contributed by atoms with Gasteiger partial charge in [0.15, 0.2) is 12.0 Å². The fraction of sp³-hybridized carbons (Fsp3) is 0.409. The number of nitrogens with one attached hydrogen (secondary N) is 1. The Morgan fingerprint density at radius 3 is 2.94 bits per heavy atom. The first-order valence-corrected chi connectivity index (χ1v) is 10.9. The van der Waals surface area contributed by atoms with Crippen LogP contribution in [0.4, 0.5) is 5.95 Å². The van der Waals surface area contributed by atoms with E-state index in [0.29, 0.717) is 42.2 Å². The molecule has 0 unspecified atom stereocenters. The highest BCUT2D eigenvalue weighted by Gasteiger charge is 2.28. The van der Waals surface area contributed by atoms with Crippen LogP contribution in [-0.2, 0) is 4.74 Å². The molecular formula is C22H23N7O3. The number of hydrogen-bond acceptors (Lipinski definition) is 9. The number of anilines is 1. The molecule has 10 nitrogen and oxygen atoms in total. The van der Waals surface area contributed by atoms with Crippen molar-refractivity contribution in [2.45, 2.75) is 43.7 Å². The number of hydrogen-bond donors (Lipinski definition) is 1. The van der Waals surface area contributed by atoms with E-state index in [1.54, 1.807) is 12.5 Å². The van der Waals surface area contributed by atoms with Gasteiger partial charge in [-0.2, -0.15) is 4.98 Å². The van der Waals surface area contributed by atoms with Gasteiger partial charge in [-0.25, -0.2) is 9.97 Å². The molecule has 0 amide bonds. The van der Waals surface area contributed by atoms with Gasteiger partial charge in [-0.15, -0.1) is 10.2 Å². The number of oxazole rings is 1. The Bertz CT molecular complexity index is 1210. The summed E-state index contributed by atoms with van der Waals surface area (Å²) in [6, 6.07) is 6.21. The van der Waals surface area contributed by atoms with Crippen LogP contribution < -0.4 is 10.1 Å². The monoisotopic (exact) mass is 433 g/mol. The first kappa shape index (κ1) is 19.2. The van der Waals surface area contributed by atoms with E-state index in [4.69, 9.17) is 13.9 Å². The average Bonchev–Trinajstić information content (AvgIpc) is 3.47. The predicted octanol–water partition coefficient (Wildman–Crippen LogP) is 3.09. The lowest BCUT2D eigenvalue weighted by Crippen LogP contribution is -2.39. The van der Waals surface area contributed by atoms with E-state index < -0.39 is 0 Å². The highest BCUT2D eigenvalue weighted by molar-refractivity contribution is 5.63. The molecule has 10 heteroatoms. The van der Waals surface area contributed by atoms with E-state index in [2.05, 4.69) is 34.9 Å². The summed E-state index contributed by atoms with van der Waals surface area (Å²) in [5.41, 5.74) is 2.22. The summed E-state index contributed by atoms with van der Waals surface area (Å²) in [6.45, 7) is 1.11. The van der Waals surface area contributed by atoms with E-state index in [1.165, 1.54) is 6.39 Å². The average molecular weight is 433 g/mol. The van der Waals surface area contributed by atoms with E-state index in [1.807, 2.05) is 24.4 Å². The van der Waals surface area contributed by atoms with Crippen molar-refractivity contribution in [1.82, 2.24) is 29.5 Å². The summed E-state index contributed by atoms with van der Waals surface area (Å²) < 4.78 is 18.5. The van der Waals surface area contributed by atoms with Gasteiger partial charge in [0.1, 0.15) is 23.9 Å². The van der Waals surface area contributed by atoms with Crippen molar-refractivity contribution < 1.29 is 13.9 Å². The molecule has 0 bridgehead atoms. The standard InChI is InChI=1S/C22H23N7O3/c1-2-7-29-19(6-1)27-28-20(29)14-4-3-5-15(8-14)25-22-23-9-17(18-12-31-13-24-18)21(26-22)32-16-10-30-11-16/h1-2,6-7,9,12-16H,3-5,8,10-11H2,(H,23,25,26)/t14-,15+/m0/s1. The molecule has 6 rings (SSSR count). The van der Waals surface area contributed by atoms with E-state index in [9.17, 15) is 0 Å². The lowest BCUT2D eigenvalue weighted by Gasteiger charge is -2.29. The summed E-state index contributed by atoms with van der Waals surface area (Å²) in [5.74, 6) is 2.38. The molecule has 0 spiro atoms. The summed E-state index contributed by atoms with van der Waals surface area (Å²) in [5, 5.41) is 12.3. The Balaban J connectivity index is 1.22. The van der Waals surface area contributed by atoms with Crippen LogP contribution in [-0.4, -0.2) is 54.9 Å². The quantitative estimate of drug-likeness (QED) is 0.490. The van der Waals surface area contributed by atoms with E-state index in [-0.39, 0.29) is 12.1 Å². The van der Waals surface area contributed by atoms with Crippen molar-refractivity contribution in [3.8, 4) is 17.1 Å². The van der Waals surface area contributed by atoms with Crippen LogP contribution in [0.2, 0.25) is 0 Å². The highest BCUT2D eigenvalue weighted by atomic mass is 16.6. The van der Waals surface area contributed by atoms with Crippen LogP contribution in [0.1, 0.15) is 37.4 Å². The van der Waals surface area contributed by atoms with Gasteiger partial charge in [-0.05, 0) is 31.4 Å². The Labute approximate surface area is 184 Å². The zero-order valence-corrected chi connectivity index (χ0v) is 17.4. The van der Waals surface area contributed by atoms with Gasteiger partial charge >= 0.3 is 0 Å². The lowest BCUT2D eigenvalue weighted by atomic mass is 9.85. The molecule has 5 heterocycles. The summed E-state index contributed by atoms with van der Waals surface area (Å²) >= 11 is 0. The maximum absolute atomic E-state index is 6.04. The molecule has 32 heavy (non-hydrogen) atoms. The normalized spacial score (nSPS) is 21.4. The van der Waals surface area contributed by atoms with Crippen molar-refractivity contribution in [3.05, 3.63) is 49.1 Å². The Morgan fingerprint density at radius 2 is 2.09 bits per heavy atom. The first-order chi connectivity index (χ1) is 15.8. The first-order valence-electron chi connectivity index (χ1n) is 10.9. The van der Waals surface area contributed by atoms with Crippen LogP contribution in [0.5, 0.6) is 5.88 Å². The van der Waals surface area contributed by atoms with Crippen molar-refractivity contribution in [2.24, 2.45) is 0 Å². The summed E-state index contributed by atoms with van der Waals surface area (Å²) in [7, 11) is 0. The molecule has 4 aromatic heterocycles. The number of fused-ring (bicyclic) bond motifs is 1. The fourth-order valence-electron chi connectivity index (χ4n) is 4.36. The minimum absolute atomic E-state index is 0.0105. The zero-order valence-electron chi connectivity index (χ0n) is 17.4. The van der Waals surface area contributed by atoms with Gasteiger partial charge in [0.25, 0.3) is 0 Å². The minimum Gasteiger partial charge on any atom is -0.469 e. The molecule has 0 aromatic carbocycles. The van der Waals surface area contributed by atoms with Crippen molar-refractivity contribution >= 4 is 11.6 Å². The topological polar surface area (TPSA) is 112 Å². The number of nitrogens with zero attached hydrogens (tertiary/aromatic N) is 6. The molecule has 1 saturated heterocycles. The SMILES string of the molecule is c1ccn2c([C@H]3CCC[C@@H](Nc4ncc(-c5cocn5)c(OC5COC5)n4)C3)nnc2c1. The molecule has 4 aromatic rings. The fourth-order valence-corrected chi connectivity index (χ4v) is 4.36. The van der Waals surface area contributed by atoms with Crippen molar-refractivity contribution in [2.75, 3.05) is 18.5 Å².